The third-order valence-corrected chi connectivity index (χ3v) is 5.72. The first-order valence-electron chi connectivity index (χ1n) is 8.24. The summed E-state index contributed by atoms with van der Waals surface area (Å²) in [5.41, 5.74) is 2.38. The van der Waals surface area contributed by atoms with Crippen molar-refractivity contribution in [2.75, 3.05) is 14.2 Å². The molecule has 27 heavy (non-hydrogen) atoms. The first-order valence-corrected chi connectivity index (χ1v) is 9.72. The van der Waals surface area contributed by atoms with E-state index < -0.39 is 10.0 Å². The summed E-state index contributed by atoms with van der Waals surface area (Å²) in [7, 11) is -0.719. The van der Waals surface area contributed by atoms with Gasteiger partial charge in [0.1, 0.15) is 0 Å². The van der Waals surface area contributed by atoms with Gasteiger partial charge in [0.05, 0.1) is 25.4 Å². The summed E-state index contributed by atoms with van der Waals surface area (Å²) < 4.78 is 40.4. The Balaban J connectivity index is 1.77. The van der Waals surface area contributed by atoms with Crippen LogP contribution in [0, 0.1) is 6.92 Å². The van der Waals surface area contributed by atoms with Crippen molar-refractivity contribution in [1.29, 1.82) is 0 Å². The molecule has 0 saturated carbocycles. The summed E-state index contributed by atoms with van der Waals surface area (Å²) in [4.78, 5) is 4.17. The van der Waals surface area contributed by atoms with Crippen LogP contribution in [-0.2, 0) is 16.6 Å². The predicted molar refractivity (Wildman–Crippen MR) is 102 cm³/mol. The lowest BCUT2D eigenvalue weighted by Gasteiger charge is -2.14. The molecule has 0 bridgehead atoms. The largest absolute Gasteiger partial charge is 0.493 e. The van der Waals surface area contributed by atoms with Crippen molar-refractivity contribution in [2.45, 2.75) is 18.4 Å². The number of hydrogen-bond donors (Lipinski definition) is 1. The van der Waals surface area contributed by atoms with Gasteiger partial charge in [0.2, 0.25) is 10.0 Å². The Morgan fingerprint density at radius 1 is 1.07 bits per heavy atom. The van der Waals surface area contributed by atoms with E-state index in [1.807, 2.05) is 35.0 Å². The maximum Gasteiger partial charge on any atom is 0.241 e. The summed E-state index contributed by atoms with van der Waals surface area (Å²) >= 11 is 0. The molecule has 8 heteroatoms. The van der Waals surface area contributed by atoms with Crippen LogP contribution in [0.4, 0.5) is 0 Å². The van der Waals surface area contributed by atoms with Crippen LogP contribution in [0.15, 0.2) is 60.0 Å². The number of benzene rings is 2. The lowest BCUT2D eigenvalue weighted by molar-refractivity contribution is 0.353. The number of aromatic nitrogens is 2. The number of methoxy groups -OCH3 is 2. The maximum atomic E-state index is 12.7. The fraction of sp³-hybridized carbons (Fsp3) is 0.211. The minimum absolute atomic E-state index is 0.162. The van der Waals surface area contributed by atoms with Crippen molar-refractivity contribution in [3.8, 4) is 17.2 Å². The summed E-state index contributed by atoms with van der Waals surface area (Å²) in [5, 5.41) is 0. The van der Waals surface area contributed by atoms with Crippen LogP contribution in [0.1, 0.15) is 11.1 Å². The molecule has 1 heterocycles. The van der Waals surface area contributed by atoms with Crippen molar-refractivity contribution in [3.63, 3.8) is 0 Å². The lowest BCUT2D eigenvalue weighted by atomic mass is 10.2. The van der Waals surface area contributed by atoms with Crippen LogP contribution in [0.3, 0.4) is 0 Å². The number of nitrogens with one attached hydrogen (secondary N) is 1. The summed E-state index contributed by atoms with van der Waals surface area (Å²) in [6.07, 6.45) is 5.25. The van der Waals surface area contributed by atoms with Gasteiger partial charge in [-0.05, 0) is 36.2 Å². The molecule has 0 atom stereocenters. The summed E-state index contributed by atoms with van der Waals surface area (Å²) in [6, 6.07) is 10.7. The average molecular weight is 387 g/mol. The average Bonchev–Trinajstić information content (AvgIpc) is 3.21. The van der Waals surface area contributed by atoms with E-state index in [9.17, 15) is 8.42 Å². The number of imidazole rings is 1. The molecular formula is C19H21N3O4S. The number of rotatable bonds is 7. The Kier molecular flexibility index (Phi) is 5.48. The van der Waals surface area contributed by atoms with Crippen LogP contribution in [-0.4, -0.2) is 32.2 Å². The first kappa shape index (κ1) is 18.9. The highest BCUT2D eigenvalue weighted by atomic mass is 32.2. The smallest absolute Gasteiger partial charge is 0.241 e. The Morgan fingerprint density at radius 3 is 2.33 bits per heavy atom. The van der Waals surface area contributed by atoms with Crippen LogP contribution < -0.4 is 14.2 Å². The third-order valence-electron chi connectivity index (χ3n) is 4.18. The standard InChI is InChI=1S/C19H21N3O4S/c1-14-10-17(25-2)18(26-3)11-19(14)27(23,24)21-12-15-4-6-16(7-5-15)22-9-8-20-13-22/h4-11,13,21H,12H2,1-3H3. The molecule has 1 N–H and O–H groups in total. The van der Waals surface area contributed by atoms with E-state index in [4.69, 9.17) is 9.47 Å². The Hall–Kier alpha value is -2.84. The molecule has 0 spiro atoms. The van der Waals surface area contributed by atoms with Gasteiger partial charge in [0.25, 0.3) is 0 Å². The minimum atomic E-state index is -3.70. The second-order valence-electron chi connectivity index (χ2n) is 5.93. The zero-order valence-corrected chi connectivity index (χ0v) is 16.2. The van der Waals surface area contributed by atoms with Gasteiger partial charge in [-0.25, -0.2) is 18.1 Å². The number of hydrogen-bond acceptors (Lipinski definition) is 5. The molecule has 2 aromatic carbocycles. The second-order valence-corrected chi connectivity index (χ2v) is 7.67. The quantitative estimate of drug-likeness (QED) is 0.674. The van der Waals surface area contributed by atoms with Gasteiger partial charge in [-0.15, -0.1) is 0 Å². The molecule has 0 radical (unpaired) electrons. The highest BCUT2D eigenvalue weighted by molar-refractivity contribution is 7.89. The Morgan fingerprint density at radius 2 is 1.74 bits per heavy atom. The van der Waals surface area contributed by atoms with Gasteiger partial charge in [-0.3, -0.25) is 0 Å². The SMILES string of the molecule is COc1cc(C)c(S(=O)(=O)NCc2ccc(-n3ccnc3)cc2)cc1OC. The number of sulfonamides is 1. The molecule has 0 amide bonds. The molecule has 3 rings (SSSR count). The molecular weight excluding hydrogens is 366 g/mol. The normalized spacial score (nSPS) is 11.4. The highest BCUT2D eigenvalue weighted by Crippen LogP contribution is 2.32. The van der Waals surface area contributed by atoms with E-state index in [0.717, 1.165) is 11.3 Å². The summed E-state index contributed by atoms with van der Waals surface area (Å²) in [6.45, 7) is 1.90. The summed E-state index contributed by atoms with van der Waals surface area (Å²) in [5.74, 6) is 0.859. The van der Waals surface area contributed by atoms with E-state index >= 15 is 0 Å². The van der Waals surface area contributed by atoms with Crippen LogP contribution in [0.2, 0.25) is 0 Å². The molecule has 142 valence electrons. The molecule has 3 aromatic rings. The van der Waals surface area contributed by atoms with Crippen molar-refractivity contribution < 1.29 is 17.9 Å². The molecule has 0 aliphatic rings. The molecule has 0 aliphatic carbocycles. The van der Waals surface area contributed by atoms with Gasteiger partial charge in [-0.2, -0.15) is 0 Å². The first-order chi connectivity index (χ1) is 12.9. The molecule has 0 unspecified atom stereocenters. The van der Waals surface area contributed by atoms with Crippen LogP contribution in [0.25, 0.3) is 5.69 Å². The fourth-order valence-electron chi connectivity index (χ4n) is 2.71. The molecule has 0 aliphatic heterocycles. The zero-order valence-electron chi connectivity index (χ0n) is 15.3. The van der Waals surface area contributed by atoms with Gasteiger partial charge >= 0.3 is 0 Å². The zero-order chi connectivity index (χ0) is 19.4. The van der Waals surface area contributed by atoms with Gasteiger partial charge in [0, 0.05) is 30.7 Å². The van der Waals surface area contributed by atoms with E-state index in [-0.39, 0.29) is 11.4 Å². The molecule has 1 aromatic heterocycles. The lowest BCUT2D eigenvalue weighted by Crippen LogP contribution is -2.24. The monoisotopic (exact) mass is 387 g/mol. The minimum Gasteiger partial charge on any atom is -0.493 e. The van der Waals surface area contributed by atoms with E-state index in [1.165, 1.54) is 20.3 Å². The predicted octanol–water partition coefficient (Wildman–Crippen LogP) is 2.68. The van der Waals surface area contributed by atoms with Gasteiger partial charge in [0.15, 0.2) is 11.5 Å². The highest BCUT2D eigenvalue weighted by Gasteiger charge is 2.20. The van der Waals surface area contributed by atoms with E-state index in [1.54, 1.807) is 25.5 Å². The van der Waals surface area contributed by atoms with E-state index in [0.29, 0.717) is 17.1 Å². The number of ether oxygens (including phenoxy) is 2. The number of nitrogens with zero attached hydrogens (tertiary/aromatic N) is 2. The van der Waals surface area contributed by atoms with Crippen LogP contribution in [0.5, 0.6) is 11.5 Å². The van der Waals surface area contributed by atoms with Crippen molar-refractivity contribution in [3.05, 3.63) is 66.2 Å². The molecule has 0 saturated heterocycles. The van der Waals surface area contributed by atoms with E-state index in [2.05, 4.69) is 9.71 Å². The Labute approximate surface area is 158 Å². The van der Waals surface area contributed by atoms with Crippen molar-refractivity contribution >= 4 is 10.0 Å². The van der Waals surface area contributed by atoms with Gasteiger partial charge in [-0.1, -0.05) is 12.1 Å². The van der Waals surface area contributed by atoms with Crippen molar-refractivity contribution in [2.24, 2.45) is 0 Å². The second kappa shape index (κ2) is 7.81. The van der Waals surface area contributed by atoms with Gasteiger partial charge < -0.3 is 14.0 Å². The maximum absolute atomic E-state index is 12.7. The molecule has 0 fully saturated rings. The van der Waals surface area contributed by atoms with Crippen molar-refractivity contribution in [1.82, 2.24) is 14.3 Å². The topological polar surface area (TPSA) is 82.5 Å². The third kappa shape index (κ3) is 4.12. The number of aryl methyl sites for hydroxylation is 1. The molecule has 7 nitrogen and oxygen atoms in total. The Bertz CT molecular complexity index is 1010. The van der Waals surface area contributed by atoms with Crippen LogP contribution >= 0.6 is 0 Å². The fourth-order valence-corrected chi connectivity index (χ4v) is 3.96.